The molecule has 5 nitrogen and oxygen atoms in total. The van der Waals surface area contributed by atoms with Gasteiger partial charge in [0.15, 0.2) is 5.17 Å². The number of aryl methyl sites for hydroxylation is 1. The molecule has 0 amide bonds. The number of benzene rings is 2. The monoisotopic (exact) mass is 382 g/mol. The van der Waals surface area contributed by atoms with Crippen LogP contribution < -0.4 is 16.1 Å². The predicted molar refractivity (Wildman–Crippen MR) is 111 cm³/mol. The lowest BCUT2D eigenvalue weighted by Gasteiger charge is -2.08. The maximum atomic E-state index is 11.9. The highest BCUT2D eigenvalue weighted by atomic mass is 32.2. The number of hydrogen-bond donors (Lipinski definition) is 1. The van der Waals surface area contributed by atoms with Crippen molar-refractivity contribution in [1.82, 2.24) is 0 Å². The minimum atomic E-state index is -0.351. The molecule has 0 radical (unpaired) electrons. The Kier molecular flexibility index (Phi) is 6.19. The third kappa shape index (κ3) is 4.71. The molecule has 140 valence electrons. The summed E-state index contributed by atoms with van der Waals surface area (Å²) in [4.78, 5) is 16.3. The molecule has 0 saturated heterocycles. The van der Waals surface area contributed by atoms with Crippen molar-refractivity contribution in [3.63, 3.8) is 0 Å². The van der Waals surface area contributed by atoms with Crippen molar-refractivity contribution in [2.24, 2.45) is 10.7 Å². The van der Waals surface area contributed by atoms with Crippen molar-refractivity contribution in [2.75, 3.05) is 7.11 Å². The van der Waals surface area contributed by atoms with Crippen LogP contribution in [0.15, 0.2) is 62.7 Å². The van der Waals surface area contributed by atoms with E-state index in [9.17, 15) is 4.79 Å². The topological polar surface area (TPSA) is 77.8 Å². The molecule has 1 heterocycles. The minimum Gasteiger partial charge on any atom is -0.496 e. The minimum absolute atomic E-state index is 0.351. The zero-order valence-electron chi connectivity index (χ0n) is 15.4. The van der Waals surface area contributed by atoms with E-state index in [1.54, 1.807) is 7.11 Å². The van der Waals surface area contributed by atoms with E-state index in [0.29, 0.717) is 23.0 Å². The van der Waals surface area contributed by atoms with Gasteiger partial charge in [-0.1, -0.05) is 49.0 Å². The van der Waals surface area contributed by atoms with E-state index in [2.05, 4.69) is 18.0 Å². The molecule has 0 aliphatic rings. The molecule has 6 heteroatoms. The molecule has 0 saturated carbocycles. The predicted octanol–water partition coefficient (Wildman–Crippen LogP) is 4.11. The molecule has 0 unspecified atom stereocenters. The molecule has 3 rings (SSSR count). The molecule has 0 spiro atoms. The van der Waals surface area contributed by atoms with Gasteiger partial charge in [-0.3, -0.25) is 4.99 Å². The summed E-state index contributed by atoms with van der Waals surface area (Å²) in [5, 5.41) is 1.39. The van der Waals surface area contributed by atoms with Gasteiger partial charge in [-0.2, -0.15) is 0 Å². The molecule has 27 heavy (non-hydrogen) atoms. The van der Waals surface area contributed by atoms with Gasteiger partial charge in [0.05, 0.1) is 13.7 Å². The molecule has 0 aliphatic carbocycles. The number of rotatable bonds is 6. The molecule has 0 fully saturated rings. The van der Waals surface area contributed by atoms with E-state index >= 15 is 0 Å². The zero-order chi connectivity index (χ0) is 19.2. The van der Waals surface area contributed by atoms with E-state index < -0.39 is 0 Å². The third-order valence-corrected chi connectivity index (χ3v) is 5.16. The molecular weight excluding hydrogens is 360 g/mol. The summed E-state index contributed by atoms with van der Waals surface area (Å²) in [6, 6.07) is 15.2. The molecule has 2 N–H and O–H groups in total. The number of fused-ring (bicyclic) bond motifs is 1. The second-order valence-electron chi connectivity index (χ2n) is 6.03. The number of ether oxygens (including phenoxy) is 1. The van der Waals surface area contributed by atoms with Crippen LogP contribution in [0.3, 0.4) is 0 Å². The zero-order valence-corrected chi connectivity index (χ0v) is 16.2. The lowest BCUT2D eigenvalue weighted by Crippen LogP contribution is -2.08. The van der Waals surface area contributed by atoms with Crippen molar-refractivity contribution >= 4 is 27.9 Å². The van der Waals surface area contributed by atoms with Gasteiger partial charge in [-0.05, 0) is 29.7 Å². The summed E-state index contributed by atoms with van der Waals surface area (Å²) in [5.74, 6) is 1.34. The first-order valence-electron chi connectivity index (χ1n) is 8.71. The third-order valence-electron chi connectivity index (χ3n) is 4.28. The number of aliphatic imine (C=N–C) groups is 1. The Hall–Kier alpha value is -2.73. The number of nitrogens with zero attached hydrogens (tertiary/aromatic N) is 1. The van der Waals surface area contributed by atoms with Crippen molar-refractivity contribution in [1.29, 1.82) is 0 Å². The largest absolute Gasteiger partial charge is 0.496 e. The smallest absolute Gasteiger partial charge is 0.336 e. The van der Waals surface area contributed by atoms with Crippen molar-refractivity contribution in [3.8, 4) is 5.75 Å². The molecule has 3 aromatic rings. The van der Waals surface area contributed by atoms with Crippen LogP contribution in [0.5, 0.6) is 5.75 Å². The van der Waals surface area contributed by atoms with Gasteiger partial charge in [0.1, 0.15) is 11.3 Å². The summed E-state index contributed by atoms with van der Waals surface area (Å²) in [6.45, 7) is 2.51. The summed E-state index contributed by atoms with van der Waals surface area (Å²) in [6.07, 6.45) is 0.890. The van der Waals surface area contributed by atoms with E-state index in [4.69, 9.17) is 14.9 Å². The molecule has 2 aromatic carbocycles. The maximum Gasteiger partial charge on any atom is 0.336 e. The van der Waals surface area contributed by atoms with E-state index in [1.807, 2.05) is 36.4 Å². The van der Waals surface area contributed by atoms with Crippen LogP contribution in [-0.2, 0) is 18.7 Å². The highest BCUT2D eigenvalue weighted by Crippen LogP contribution is 2.23. The van der Waals surface area contributed by atoms with Crippen molar-refractivity contribution in [3.05, 3.63) is 75.6 Å². The normalized spacial score (nSPS) is 11.7. The fraction of sp³-hybridized carbons (Fsp3) is 0.238. The second kappa shape index (κ2) is 8.77. The van der Waals surface area contributed by atoms with Crippen molar-refractivity contribution < 1.29 is 9.15 Å². The molecule has 0 aliphatic heterocycles. The first-order valence-corrected chi connectivity index (χ1v) is 9.69. The molecule has 1 aromatic heterocycles. The van der Waals surface area contributed by atoms with E-state index in [-0.39, 0.29) is 5.63 Å². The first kappa shape index (κ1) is 19.0. The van der Waals surface area contributed by atoms with Crippen LogP contribution >= 0.6 is 11.8 Å². The van der Waals surface area contributed by atoms with Gasteiger partial charge in [0.2, 0.25) is 0 Å². The first-order chi connectivity index (χ1) is 13.1. The quantitative estimate of drug-likeness (QED) is 0.394. The highest BCUT2D eigenvalue weighted by Gasteiger charge is 2.08. The Labute approximate surface area is 162 Å². The molecular formula is C21H22N2O3S. The standard InChI is InChI=1S/C21H22N2O3S/c1-3-14-8-9-17-16(11-20(24)26-19(17)10-14)13-27-21(22)23-12-15-6-4-5-7-18(15)25-2/h4-11H,3,12-13H2,1-2H3,(H2,22,23). The summed E-state index contributed by atoms with van der Waals surface area (Å²) in [5.41, 5.74) is 9.32. The van der Waals surface area contributed by atoms with Gasteiger partial charge < -0.3 is 14.9 Å². The summed E-state index contributed by atoms with van der Waals surface area (Å²) < 4.78 is 10.7. The van der Waals surface area contributed by atoms with E-state index in [0.717, 1.165) is 34.2 Å². The average Bonchev–Trinajstić information content (AvgIpc) is 2.69. The van der Waals surface area contributed by atoms with Crippen LogP contribution in [0.2, 0.25) is 0 Å². The van der Waals surface area contributed by atoms with E-state index in [1.165, 1.54) is 17.8 Å². The lowest BCUT2D eigenvalue weighted by atomic mass is 10.1. The fourth-order valence-corrected chi connectivity index (χ4v) is 3.51. The van der Waals surface area contributed by atoms with Gasteiger partial charge in [-0.25, -0.2) is 4.79 Å². The Morgan fingerprint density at radius 1 is 1.19 bits per heavy atom. The fourth-order valence-electron chi connectivity index (χ4n) is 2.81. The Balaban J connectivity index is 1.75. The number of hydrogen-bond acceptors (Lipinski definition) is 5. The number of thioether (sulfide) groups is 1. The lowest BCUT2D eigenvalue weighted by molar-refractivity contribution is 0.410. The Morgan fingerprint density at radius 2 is 2.00 bits per heavy atom. The number of amidine groups is 1. The number of nitrogens with two attached hydrogens (primary N) is 1. The average molecular weight is 382 g/mol. The SMILES string of the molecule is CCc1ccc2c(CSC(N)=NCc3ccccc3OC)cc(=O)oc2c1. The molecule has 0 bridgehead atoms. The summed E-state index contributed by atoms with van der Waals surface area (Å²) >= 11 is 1.40. The van der Waals surface area contributed by atoms with Gasteiger partial charge >= 0.3 is 5.63 Å². The van der Waals surface area contributed by atoms with Gasteiger partial charge in [0.25, 0.3) is 0 Å². The Bertz CT molecular complexity index is 1030. The van der Waals surface area contributed by atoms with Crippen LogP contribution in [0.4, 0.5) is 0 Å². The van der Waals surface area contributed by atoms with Crippen LogP contribution in [-0.4, -0.2) is 12.3 Å². The van der Waals surface area contributed by atoms with Crippen LogP contribution in [0, 0.1) is 0 Å². The molecule has 0 atom stereocenters. The summed E-state index contributed by atoms with van der Waals surface area (Å²) in [7, 11) is 1.64. The number of para-hydroxylation sites is 1. The van der Waals surface area contributed by atoms with Gasteiger partial charge in [0, 0.05) is 22.8 Å². The van der Waals surface area contributed by atoms with Gasteiger partial charge in [-0.15, -0.1) is 0 Å². The van der Waals surface area contributed by atoms with Crippen molar-refractivity contribution in [2.45, 2.75) is 25.6 Å². The second-order valence-corrected chi connectivity index (χ2v) is 7.03. The van der Waals surface area contributed by atoms with Crippen LogP contribution in [0.1, 0.15) is 23.6 Å². The van der Waals surface area contributed by atoms with Crippen LogP contribution in [0.25, 0.3) is 11.0 Å². The maximum absolute atomic E-state index is 11.9. The highest BCUT2D eigenvalue weighted by molar-refractivity contribution is 8.13. The number of methoxy groups -OCH3 is 1. The Morgan fingerprint density at radius 3 is 2.78 bits per heavy atom.